The minimum Gasteiger partial charge on any atom is -0.478 e. The second kappa shape index (κ2) is 3.73. The zero-order chi connectivity index (χ0) is 11.7. The van der Waals surface area contributed by atoms with E-state index in [0.717, 1.165) is 18.3 Å². The molecule has 6 heteroatoms. The second-order valence-electron chi connectivity index (χ2n) is 3.09. The lowest BCUT2D eigenvalue weighted by atomic mass is 10.1. The van der Waals surface area contributed by atoms with Gasteiger partial charge in [0.1, 0.15) is 5.56 Å². The van der Waals surface area contributed by atoms with Crippen molar-refractivity contribution in [2.24, 2.45) is 0 Å². The highest BCUT2D eigenvalue weighted by atomic mass is 19.2. The van der Waals surface area contributed by atoms with Gasteiger partial charge < -0.3 is 5.11 Å². The Morgan fingerprint density at radius 1 is 1.31 bits per heavy atom. The van der Waals surface area contributed by atoms with Gasteiger partial charge in [0.2, 0.25) is 0 Å². The van der Waals surface area contributed by atoms with Crippen LogP contribution < -0.4 is 0 Å². The molecule has 0 saturated carbocycles. The second-order valence-corrected chi connectivity index (χ2v) is 3.09. The highest BCUT2D eigenvalue weighted by molar-refractivity contribution is 5.94. The zero-order valence-electron chi connectivity index (χ0n) is 7.87. The number of hydrogen-bond acceptors (Lipinski definition) is 2. The molecular formula is C10H6F2N2O2. The predicted octanol–water partition coefficient (Wildman–Crippen LogP) is 2.05. The van der Waals surface area contributed by atoms with Crippen LogP contribution in [0.2, 0.25) is 0 Å². The number of nitrogens with one attached hydrogen (secondary N) is 1. The third-order valence-corrected chi connectivity index (χ3v) is 2.08. The first-order chi connectivity index (χ1) is 7.59. The van der Waals surface area contributed by atoms with Crippen LogP contribution in [0.15, 0.2) is 24.4 Å². The largest absolute Gasteiger partial charge is 0.478 e. The van der Waals surface area contributed by atoms with Crippen molar-refractivity contribution >= 4 is 5.97 Å². The molecule has 0 amide bonds. The average Bonchev–Trinajstić information content (AvgIpc) is 2.71. The van der Waals surface area contributed by atoms with Crippen molar-refractivity contribution in [3.63, 3.8) is 0 Å². The van der Waals surface area contributed by atoms with E-state index in [4.69, 9.17) is 5.11 Å². The maximum atomic E-state index is 12.9. The normalized spacial score (nSPS) is 10.4. The Balaban J connectivity index is 2.54. The van der Waals surface area contributed by atoms with Crippen molar-refractivity contribution < 1.29 is 18.7 Å². The van der Waals surface area contributed by atoms with E-state index in [0.29, 0.717) is 0 Å². The number of aromatic carboxylic acids is 1. The molecule has 0 spiro atoms. The van der Waals surface area contributed by atoms with E-state index in [9.17, 15) is 13.6 Å². The van der Waals surface area contributed by atoms with Gasteiger partial charge in [0, 0.05) is 5.56 Å². The Labute approximate surface area is 88.5 Å². The standard InChI is InChI=1S/C10H6F2N2O2/c11-7-2-1-5(3-8(7)12)9-6(10(15)16)4-13-14-9/h1-4H,(H,13,14)(H,15,16). The summed E-state index contributed by atoms with van der Waals surface area (Å²) in [6, 6.07) is 3.12. The minimum atomic E-state index is -1.19. The molecule has 82 valence electrons. The van der Waals surface area contributed by atoms with E-state index in [1.54, 1.807) is 0 Å². The van der Waals surface area contributed by atoms with Gasteiger partial charge in [0.05, 0.1) is 11.9 Å². The molecule has 1 heterocycles. The monoisotopic (exact) mass is 224 g/mol. The summed E-state index contributed by atoms with van der Waals surface area (Å²) < 4.78 is 25.6. The van der Waals surface area contributed by atoms with E-state index >= 15 is 0 Å². The first kappa shape index (κ1) is 10.3. The number of aromatic nitrogens is 2. The lowest BCUT2D eigenvalue weighted by Gasteiger charge is -2.00. The minimum absolute atomic E-state index is 0.0917. The molecule has 0 fully saturated rings. The average molecular weight is 224 g/mol. The molecule has 0 bridgehead atoms. The summed E-state index contributed by atoms with van der Waals surface area (Å²) >= 11 is 0. The van der Waals surface area contributed by atoms with Crippen LogP contribution in [-0.4, -0.2) is 21.3 Å². The molecule has 1 aromatic carbocycles. The highest BCUT2D eigenvalue weighted by Gasteiger charge is 2.15. The van der Waals surface area contributed by atoms with Gasteiger partial charge in [0.25, 0.3) is 0 Å². The number of halogens is 2. The van der Waals surface area contributed by atoms with Crippen molar-refractivity contribution in [1.29, 1.82) is 0 Å². The van der Waals surface area contributed by atoms with Gasteiger partial charge >= 0.3 is 5.97 Å². The molecular weight excluding hydrogens is 218 g/mol. The third-order valence-electron chi connectivity index (χ3n) is 2.08. The summed E-state index contributed by atoms with van der Waals surface area (Å²) in [6.07, 6.45) is 1.11. The number of H-pyrrole nitrogens is 1. The van der Waals surface area contributed by atoms with Gasteiger partial charge in [-0.3, -0.25) is 5.10 Å². The predicted molar refractivity (Wildman–Crippen MR) is 50.9 cm³/mol. The topological polar surface area (TPSA) is 66.0 Å². The third kappa shape index (κ3) is 1.65. The van der Waals surface area contributed by atoms with Gasteiger partial charge in [-0.1, -0.05) is 0 Å². The van der Waals surface area contributed by atoms with Crippen molar-refractivity contribution in [2.45, 2.75) is 0 Å². The van der Waals surface area contributed by atoms with Crippen molar-refractivity contribution in [1.82, 2.24) is 10.2 Å². The van der Waals surface area contributed by atoms with Crippen LogP contribution in [0.1, 0.15) is 10.4 Å². The molecule has 0 atom stereocenters. The Morgan fingerprint density at radius 3 is 2.69 bits per heavy atom. The molecule has 2 aromatic rings. The maximum absolute atomic E-state index is 12.9. The lowest BCUT2D eigenvalue weighted by molar-refractivity contribution is 0.0698. The van der Waals surface area contributed by atoms with Gasteiger partial charge in [-0.2, -0.15) is 5.10 Å². The number of rotatable bonds is 2. The summed E-state index contributed by atoms with van der Waals surface area (Å²) in [7, 11) is 0. The fourth-order valence-electron chi connectivity index (χ4n) is 1.32. The van der Waals surface area contributed by atoms with Gasteiger partial charge in [0.15, 0.2) is 11.6 Å². The summed E-state index contributed by atoms with van der Waals surface area (Å²) in [4.78, 5) is 10.8. The fraction of sp³-hybridized carbons (Fsp3) is 0. The van der Waals surface area contributed by atoms with E-state index < -0.39 is 17.6 Å². The molecule has 0 saturated heterocycles. The number of carbonyl (C=O) groups is 1. The van der Waals surface area contributed by atoms with Crippen LogP contribution in [0, 0.1) is 11.6 Å². The first-order valence-electron chi connectivity index (χ1n) is 4.31. The number of carboxylic acids is 1. The number of carboxylic acid groups (broad SMARTS) is 1. The molecule has 16 heavy (non-hydrogen) atoms. The van der Waals surface area contributed by atoms with Crippen LogP contribution in [0.3, 0.4) is 0 Å². The molecule has 0 unspecified atom stereocenters. The van der Waals surface area contributed by atoms with Crippen LogP contribution in [-0.2, 0) is 0 Å². The Bertz CT molecular complexity index is 552. The number of hydrogen-bond donors (Lipinski definition) is 2. The van der Waals surface area contributed by atoms with Crippen LogP contribution in [0.4, 0.5) is 8.78 Å². The molecule has 1 aromatic heterocycles. The van der Waals surface area contributed by atoms with Crippen molar-refractivity contribution in [3.05, 3.63) is 41.6 Å². The molecule has 4 nitrogen and oxygen atoms in total. The van der Waals surface area contributed by atoms with E-state index in [1.165, 1.54) is 6.07 Å². The number of benzene rings is 1. The summed E-state index contributed by atoms with van der Waals surface area (Å²) in [6.45, 7) is 0. The van der Waals surface area contributed by atoms with Gasteiger partial charge in [-0.05, 0) is 18.2 Å². The molecule has 0 radical (unpaired) electrons. The summed E-state index contributed by atoms with van der Waals surface area (Å²) in [5.74, 6) is -3.21. The quantitative estimate of drug-likeness (QED) is 0.820. The van der Waals surface area contributed by atoms with Crippen molar-refractivity contribution in [2.75, 3.05) is 0 Å². The number of aromatic amines is 1. The Hall–Kier alpha value is -2.24. The van der Waals surface area contributed by atoms with Crippen LogP contribution in [0.25, 0.3) is 11.3 Å². The molecule has 0 aliphatic rings. The maximum Gasteiger partial charge on any atom is 0.339 e. The molecule has 2 rings (SSSR count). The van der Waals surface area contributed by atoms with Gasteiger partial charge in [-0.15, -0.1) is 0 Å². The van der Waals surface area contributed by atoms with Crippen LogP contribution >= 0.6 is 0 Å². The molecule has 2 N–H and O–H groups in total. The van der Waals surface area contributed by atoms with Gasteiger partial charge in [-0.25, -0.2) is 13.6 Å². The highest BCUT2D eigenvalue weighted by Crippen LogP contribution is 2.22. The van der Waals surface area contributed by atoms with E-state index in [-0.39, 0.29) is 16.8 Å². The van der Waals surface area contributed by atoms with E-state index in [1.807, 2.05) is 0 Å². The molecule has 0 aliphatic carbocycles. The summed E-state index contributed by atoms with van der Waals surface area (Å²) in [5.41, 5.74) is 0.284. The first-order valence-corrected chi connectivity index (χ1v) is 4.31. The van der Waals surface area contributed by atoms with Crippen molar-refractivity contribution in [3.8, 4) is 11.3 Å². The Morgan fingerprint density at radius 2 is 2.06 bits per heavy atom. The Kier molecular flexibility index (Phi) is 2.40. The molecule has 0 aliphatic heterocycles. The lowest BCUT2D eigenvalue weighted by Crippen LogP contribution is -1.97. The zero-order valence-corrected chi connectivity index (χ0v) is 7.87. The summed E-state index contributed by atoms with van der Waals surface area (Å²) in [5, 5.41) is 14.8. The fourth-order valence-corrected chi connectivity index (χ4v) is 1.32. The van der Waals surface area contributed by atoms with E-state index in [2.05, 4.69) is 10.2 Å². The number of nitrogens with zero attached hydrogens (tertiary/aromatic N) is 1. The smallest absolute Gasteiger partial charge is 0.339 e. The van der Waals surface area contributed by atoms with Crippen LogP contribution in [0.5, 0.6) is 0 Å². The SMILES string of the molecule is O=C(O)c1cn[nH]c1-c1ccc(F)c(F)c1.